The van der Waals surface area contributed by atoms with Gasteiger partial charge in [-0.3, -0.25) is 4.79 Å². The highest BCUT2D eigenvalue weighted by Crippen LogP contribution is 2.21. The number of carbonyl (C=O) groups is 1. The molecule has 0 aromatic carbocycles. The maximum Gasteiger partial charge on any atom is 0.158 e. The van der Waals surface area contributed by atoms with E-state index in [2.05, 4.69) is 6.92 Å². The minimum absolute atomic E-state index is 0.349. The average molecular weight is 194 g/mol. The Balaban J connectivity index is 2.06. The first-order valence-corrected chi connectivity index (χ1v) is 6.05. The third-order valence-corrected chi connectivity index (χ3v) is 3.02. The lowest BCUT2D eigenvalue weighted by Gasteiger charge is -2.15. The van der Waals surface area contributed by atoms with Crippen molar-refractivity contribution in [3.63, 3.8) is 0 Å². The maximum absolute atomic E-state index is 11.4. The highest BCUT2D eigenvalue weighted by Gasteiger charge is 2.17. The van der Waals surface area contributed by atoms with Crippen LogP contribution in [0.25, 0.3) is 0 Å². The number of hydrogen-bond acceptors (Lipinski definition) is 1. The Morgan fingerprint density at radius 3 is 2.79 bits per heavy atom. The largest absolute Gasteiger partial charge is 0.295 e. The van der Waals surface area contributed by atoms with Crippen LogP contribution in [0.3, 0.4) is 0 Å². The Morgan fingerprint density at radius 2 is 2.07 bits per heavy atom. The number of rotatable bonds is 6. The van der Waals surface area contributed by atoms with Gasteiger partial charge < -0.3 is 0 Å². The fourth-order valence-corrected chi connectivity index (χ4v) is 2.06. The van der Waals surface area contributed by atoms with Crippen molar-refractivity contribution in [3.8, 4) is 0 Å². The van der Waals surface area contributed by atoms with Crippen LogP contribution in [-0.4, -0.2) is 5.78 Å². The number of ketones is 1. The molecule has 14 heavy (non-hydrogen) atoms. The molecule has 0 radical (unpaired) electrons. The van der Waals surface area contributed by atoms with E-state index < -0.39 is 0 Å². The second-order valence-electron chi connectivity index (χ2n) is 4.28. The van der Waals surface area contributed by atoms with Gasteiger partial charge in [0, 0.05) is 5.92 Å². The van der Waals surface area contributed by atoms with Crippen LogP contribution in [0.15, 0.2) is 12.2 Å². The Hall–Kier alpha value is -0.590. The van der Waals surface area contributed by atoms with Gasteiger partial charge in [0.05, 0.1) is 0 Å². The van der Waals surface area contributed by atoms with Crippen molar-refractivity contribution in [3.05, 3.63) is 12.2 Å². The zero-order valence-electron chi connectivity index (χ0n) is 9.30. The first-order chi connectivity index (χ1) is 6.84. The predicted molar refractivity (Wildman–Crippen MR) is 60.2 cm³/mol. The lowest BCUT2D eigenvalue weighted by atomic mass is 9.88. The lowest BCUT2D eigenvalue weighted by Crippen LogP contribution is -2.14. The molecule has 1 atom stereocenters. The van der Waals surface area contributed by atoms with E-state index in [-0.39, 0.29) is 0 Å². The van der Waals surface area contributed by atoms with Gasteiger partial charge in [-0.2, -0.15) is 0 Å². The number of allylic oxidation sites excluding steroid dienone is 2. The molecule has 80 valence electrons. The molecule has 1 aliphatic rings. The molecule has 0 aromatic rings. The van der Waals surface area contributed by atoms with E-state index in [4.69, 9.17) is 0 Å². The summed E-state index contributed by atoms with van der Waals surface area (Å²) in [5, 5.41) is 0. The number of carbonyl (C=O) groups excluding carboxylic acids is 1. The van der Waals surface area contributed by atoms with Crippen LogP contribution in [-0.2, 0) is 4.79 Å². The van der Waals surface area contributed by atoms with Crippen LogP contribution in [0, 0.1) is 5.92 Å². The van der Waals surface area contributed by atoms with Crippen LogP contribution in [0.5, 0.6) is 0 Å². The van der Waals surface area contributed by atoms with Gasteiger partial charge in [-0.05, 0) is 25.3 Å². The van der Waals surface area contributed by atoms with Gasteiger partial charge in [0.15, 0.2) is 5.78 Å². The molecule has 1 unspecified atom stereocenters. The summed E-state index contributed by atoms with van der Waals surface area (Å²) in [4.78, 5) is 11.4. The van der Waals surface area contributed by atoms with Crippen LogP contribution < -0.4 is 0 Å². The minimum Gasteiger partial charge on any atom is -0.295 e. The summed E-state index contributed by atoms with van der Waals surface area (Å²) < 4.78 is 0. The van der Waals surface area contributed by atoms with Crippen molar-refractivity contribution < 1.29 is 4.79 Å². The van der Waals surface area contributed by atoms with E-state index in [1.807, 2.05) is 6.08 Å². The van der Waals surface area contributed by atoms with Crippen molar-refractivity contribution in [2.45, 2.75) is 58.3 Å². The van der Waals surface area contributed by atoms with Crippen LogP contribution in [0.2, 0.25) is 0 Å². The molecule has 0 fully saturated rings. The molecule has 0 saturated heterocycles. The Morgan fingerprint density at radius 1 is 1.29 bits per heavy atom. The quantitative estimate of drug-likeness (QED) is 0.586. The molecule has 1 heteroatoms. The third kappa shape index (κ3) is 4.08. The summed E-state index contributed by atoms with van der Waals surface area (Å²) >= 11 is 0. The molecule has 0 bridgehead atoms. The summed E-state index contributed by atoms with van der Waals surface area (Å²) in [5.74, 6) is 0.716. The Bertz CT molecular complexity index is 193. The molecular weight excluding hydrogens is 172 g/mol. The molecule has 0 aliphatic heterocycles. The summed E-state index contributed by atoms with van der Waals surface area (Å²) in [6.07, 6.45) is 13.6. The maximum atomic E-state index is 11.4. The van der Waals surface area contributed by atoms with E-state index in [0.717, 1.165) is 19.3 Å². The average Bonchev–Trinajstić information content (AvgIpc) is 2.20. The smallest absolute Gasteiger partial charge is 0.158 e. The van der Waals surface area contributed by atoms with Gasteiger partial charge >= 0.3 is 0 Å². The van der Waals surface area contributed by atoms with E-state index in [1.165, 1.54) is 32.1 Å². The standard InChI is InChI=1S/C13H22O/c1-2-3-4-5-6-9-12-10-7-8-11-13(12)14/h8,11-12H,2-7,9-10H2,1H3. The van der Waals surface area contributed by atoms with Gasteiger partial charge in [-0.15, -0.1) is 0 Å². The Kier molecular flexibility index (Phi) is 5.58. The van der Waals surface area contributed by atoms with Gasteiger partial charge in [0.1, 0.15) is 0 Å². The summed E-state index contributed by atoms with van der Waals surface area (Å²) in [6.45, 7) is 2.23. The van der Waals surface area contributed by atoms with Gasteiger partial charge in [-0.25, -0.2) is 0 Å². The van der Waals surface area contributed by atoms with Crippen molar-refractivity contribution in [1.82, 2.24) is 0 Å². The van der Waals surface area contributed by atoms with E-state index in [0.29, 0.717) is 11.7 Å². The molecule has 0 spiro atoms. The molecule has 0 saturated carbocycles. The number of unbranched alkanes of at least 4 members (excludes halogenated alkanes) is 4. The highest BCUT2D eigenvalue weighted by molar-refractivity contribution is 5.92. The van der Waals surface area contributed by atoms with Crippen molar-refractivity contribution in [2.24, 2.45) is 5.92 Å². The zero-order chi connectivity index (χ0) is 10.2. The molecule has 1 rings (SSSR count). The van der Waals surface area contributed by atoms with E-state index >= 15 is 0 Å². The summed E-state index contributed by atoms with van der Waals surface area (Å²) in [5.41, 5.74) is 0. The summed E-state index contributed by atoms with van der Waals surface area (Å²) in [6, 6.07) is 0. The molecule has 0 heterocycles. The second-order valence-corrected chi connectivity index (χ2v) is 4.28. The predicted octanol–water partition coefficient (Wildman–Crippen LogP) is 3.88. The normalized spacial score (nSPS) is 21.5. The Labute approximate surface area is 87.6 Å². The van der Waals surface area contributed by atoms with E-state index in [1.54, 1.807) is 6.08 Å². The molecule has 0 aromatic heterocycles. The van der Waals surface area contributed by atoms with Gasteiger partial charge in [0.25, 0.3) is 0 Å². The zero-order valence-corrected chi connectivity index (χ0v) is 9.30. The van der Waals surface area contributed by atoms with Gasteiger partial charge in [-0.1, -0.05) is 45.1 Å². The van der Waals surface area contributed by atoms with E-state index in [9.17, 15) is 4.79 Å². The first kappa shape index (κ1) is 11.5. The van der Waals surface area contributed by atoms with Crippen molar-refractivity contribution in [1.29, 1.82) is 0 Å². The highest BCUT2D eigenvalue weighted by atomic mass is 16.1. The molecule has 0 amide bonds. The lowest BCUT2D eigenvalue weighted by molar-refractivity contribution is -0.119. The van der Waals surface area contributed by atoms with Crippen LogP contribution >= 0.6 is 0 Å². The van der Waals surface area contributed by atoms with Gasteiger partial charge in [0.2, 0.25) is 0 Å². The third-order valence-electron chi connectivity index (χ3n) is 3.02. The minimum atomic E-state index is 0.349. The monoisotopic (exact) mass is 194 g/mol. The second kappa shape index (κ2) is 6.80. The topological polar surface area (TPSA) is 17.1 Å². The molecule has 1 nitrogen and oxygen atoms in total. The van der Waals surface area contributed by atoms with Crippen LogP contribution in [0.1, 0.15) is 58.3 Å². The number of hydrogen-bond donors (Lipinski definition) is 0. The fraction of sp³-hybridized carbons (Fsp3) is 0.769. The van der Waals surface area contributed by atoms with Crippen molar-refractivity contribution in [2.75, 3.05) is 0 Å². The fourth-order valence-electron chi connectivity index (χ4n) is 2.06. The SMILES string of the molecule is CCCCCCCC1CCC=CC1=O. The first-order valence-electron chi connectivity index (χ1n) is 6.05. The van der Waals surface area contributed by atoms with Crippen molar-refractivity contribution >= 4 is 5.78 Å². The molecular formula is C13H22O. The van der Waals surface area contributed by atoms with Crippen LogP contribution in [0.4, 0.5) is 0 Å². The molecule has 1 aliphatic carbocycles. The summed E-state index contributed by atoms with van der Waals surface area (Å²) in [7, 11) is 0. The molecule has 0 N–H and O–H groups in total.